The highest BCUT2D eigenvalue weighted by atomic mass is 19.1. The second-order valence-corrected chi connectivity index (χ2v) is 9.88. The fraction of sp³-hybridized carbons (Fsp3) is 0.0588. The lowest BCUT2D eigenvalue weighted by Crippen LogP contribution is -2.23. The van der Waals surface area contributed by atoms with Crippen molar-refractivity contribution in [3.63, 3.8) is 0 Å². The molecule has 0 saturated carbocycles. The molecule has 7 heteroatoms. The first-order valence-corrected chi connectivity index (χ1v) is 13.0. The van der Waals surface area contributed by atoms with Gasteiger partial charge in [0, 0.05) is 35.5 Å². The summed E-state index contributed by atoms with van der Waals surface area (Å²) in [6, 6.07) is 26.9. The van der Waals surface area contributed by atoms with Crippen molar-refractivity contribution >= 4 is 28.2 Å². The fourth-order valence-electron chi connectivity index (χ4n) is 5.17. The molecule has 0 fully saturated rings. The monoisotopic (exact) mass is 546 g/mol. The van der Waals surface area contributed by atoms with Gasteiger partial charge in [-0.2, -0.15) is 0 Å². The smallest absolute Gasteiger partial charge is 0.335 e. The number of rotatable bonds is 7. The highest BCUT2D eigenvalue weighted by Gasteiger charge is 2.19. The van der Waals surface area contributed by atoms with E-state index in [0.717, 1.165) is 22.1 Å². The molecule has 202 valence electrons. The van der Waals surface area contributed by atoms with E-state index in [0.29, 0.717) is 34.0 Å². The highest BCUT2D eigenvalue weighted by Crippen LogP contribution is 2.30. The number of carboxylic acids is 1. The number of halogens is 2. The summed E-state index contributed by atoms with van der Waals surface area (Å²) in [5.41, 5.74) is 4.33. The molecule has 0 radical (unpaired) electrons. The lowest BCUT2D eigenvalue weighted by molar-refractivity contribution is 0.0696. The zero-order valence-electron chi connectivity index (χ0n) is 21.8. The van der Waals surface area contributed by atoms with Crippen LogP contribution in [0.25, 0.3) is 27.4 Å². The van der Waals surface area contributed by atoms with Crippen molar-refractivity contribution < 1.29 is 23.5 Å². The summed E-state index contributed by atoms with van der Waals surface area (Å²) in [6.45, 7) is 0.167. The number of carbonyl (C=O) groups is 2. The molecular weight excluding hydrogens is 522 g/mol. The second kappa shape index (κ2) is 10.7. The van der Waals surface area contributed by atoms with Gasteiger partial charge in [-0.05, 0) is 64.9 Å². The third-order valence-corrected chi connectivity index (χ3v) is 7.18. The minimum atomic E-state index is -1.03. The van der Waals surface area contributed by atoms with E-state index in [1.807, 2.05) is 30.5 Å². The van der Waals surface area contributed by atoms with Crippen molar-refractivity contribution in [1.82, 2.24) is 9.72 Å². The van der Waals surface area contributed by atoms with E-state index >= 15 is 0 Å². The van der Waals surface area contributed by atoms with Crippen LogP contribution in [0.3, 0.4) is 0 Å². The summed E-state index contributed by atoms with van der Waals surface area (Å²) in [5.74, 6) is -2.12. The van der Waals surface area contributed by atoms with E-state index in [4.69, 9.17) is 5.11 Å². The normalized spacial score (nSPS) is 11.2. The SMILES string of the molecule is O=C(O)c1ccc(CNC(=O)c2cc(-c3ccccc3F)cn3ccc(Cc4cc(F)c5ccccc5c4)c23)cc1. The Balaban J connectivity index is 1.40. The van der Waals surface area contributed by atoms with Crippen LogP contribution in [0.2, 0.25) is 0 Å². The van der Waals surface area contributed by atoms with Crippen molar-refractivity contribution in [3.8, 4) is 11.1 Å². The lowest BCUT2D eigenvalue weighted by Gasteiger charge is -2.13. The van der Waals surface area contributed by atoms with Gasteiger partial charge in [-0.15, -0.1) is 0 Å². The quantitative estimate of drug-likeness (QED) is 0.221. The Labute approximate surface area is 234 Å². The van der Waals surface area contributed by atoms with E-state index in [1.54, 1.807) is 59.1 Å². The molecule has 6 rings (SSSR count). The number of amides is 1. The summed E-state index contributed by atoms with van der Waals surface area (Å²) >= 11 is 0. The van der Waals surface area contributed by atoms with E-state index in [-0.39, 0.29) is 23.8 Å². The number of nitrogens with one attached hydrogen (secondary N) is 1. The number of pyridine rings is 1. The molecule has 0 aliphatic rings. The van der Waals surface area contributed by atoms with Crippen LogP contribution in [0, 0.1) is 11.6 Å². The minimum absolute atomic E-state index is 0.155. The Morgan fingerprint density at radius 2 is 1.56 bits per heavy atom. The summed E-state index contributed by atoms with van der Waals surface area (Å²) in [5, 5.41) is 13.4. The summed E-state index contributed by atoms with van der Waals surface area (Å²) in [6.07, 6.45) is 3.97. The Hall–Kier alpha value is -5.30. The molecule has 0 saturated heterocycles. The van der Waals surface area contributed by atoms with Crippen molar-refractivity contribution in [2.45, 2.75) is 13.0 Å². The van der Waals surface area contributed by atoms with Crippen molar-refractivity contribution in [3.05, 3.63) is 149 Å². The maximum absolute atomic E-state index is 14.9. The molecule has 2 aromatic heterocycles. The Morgan fingerprint density at radius 3 is 2.34 bits per heavy atom. The number of hydrogen-bond acceptors (Lipinski definition) is 2. The number of carbonyl (C=O) groups excluding carboxylic acids is 1. The van der Waals surface area contributed by atoms with Crippen LogP contribution in [0.5, 0.6) is 0 Å². The second-order valence-electron chi connectivity index (χ2n) is 9.88. The first-order valence-electron chi connectivity index (χ1n) is 13.0. The zero-order valence-corrected chi connectivity index (χ0v) is 21.8. The average Bonchev–Trinajstić information content (AvgIpc) is 3.38. The van der Waals surface area contributed by atoms with E-state index in [1.165, 1.54) is 24.3 Å². The average molecular weight is 547 g/mol. The van der Waals surface area contributed by atoms with Crippen LogP contribution >= 0.6 is 0 Å². The van der Waals surface area contributed by atoms with Gasteiger partial charge in [0.05, 0.1) is 16.6 Å². The number of benzene rings is 4. The van der Waals surface area contributed by atoms with Crippen LogP contribution in [-0.4, -0.2) is 21.4 Å². The van der Waals surface area contributed by atoms with Gasteiger partial charge in [0.25, 0.3) is 5.91 Å². The van der Waals surface area contributed by atoms with Crippen molar-refractivity contribution in [2.24, 2.45) is 0 Å². The predicted octanol–water partition coefficient (Wildman–Crippen LogP) is 7.26. The number of hydrogen-bond donors (Lipinski definition) is 2. The standard InChI is InChI=1S/C34H24F2N2O3/c35-30-8-4-3-7-28(30)26-18-29(33(39)37-19-21-9-11-23(12-10-21)34(40)41)32-25(13-14-38(32)20-26)16-22-15-24-5-1-2-6-27(24)31(36)17-22/h1-15,17-18,20H,16,19H2,(H,37,39)(H,40,41). The van der Waals surface area contributed by atoms with E-state index in [9.17, 15) is 18.4 Å². The molecule has 0 spiro atoms. The summed E-state index contributed by atoms with van der Waals surface area (Å²) in [4.78, 5) is 24.8. The van der Waals surface area contributed by atoms with Gasteiger partial charge < -0.3 is 14.8 Å². The molecule has 0 aliphatic heterocycles. The van der Waals surface area contributed by atoms with Gasteiger partial charge in [-0.25, -0.2) is 13.6 Å². The molecule has 5 nitrogen and oxygen atoms in total. The molecule has 4 aromatic carbocycles. The Morgan fingerprint density at radius 1 is 0.805 bits per heavy atom. The maximum atomic E-state index is 14.9. The number of aromatic carboxylic acids is 1. The molecule has 0 aliphatic carbocycles. The van der Waals surface area contributed by atoms with Gasteiger partial charge in [-0.3, -0.25) is 4.79 Å². The van der Waals surface area contributed by atoms with Crippen LogP contribution in [0.15, 0.2) is 109 Å². The van der Waals surface area contributed by atoms with Gasteiger partial charge >= 0.3 is 5.97 Å². The van der Waals surface area contributed by atoms with Crippen molar-refractivity contribution in [1.29, 1.82) is 0 Å². The Bertz CT molecular complexity index is 1940. The largest absolute Gasteiger partial charge is 0.478 e. The van der Waals surface area contributed by atoms with Gasteiger partial charge in [-0.1, -0.05) is 60.7 Å². The van der Waals surface area contributed by atoms with Gasteiger partial charge in [0.2, 0.25) is 0 Å². The minimum Gasteiger partial charge on any atom is -0.478 e. The number of aromatic nitrogens is 1. The van der Waals surface area contributed by atoms with Gasteiger partial charge in [0.1, 0.15) is 11.6 Å². The number of nitrogens with zero attached hydrogens (tertiary/aromatic N) is 1. The maximum Gasteiger partial charge on any atom is 0.335 e. The fourth-order valence-corrected chi connectivity index (χ4v) is 5.17. The van der Waals surface area contributed by atoms with Crippen LogP contribution in [0.4, 0.5) is 8.78 Å². The first-order chi connectivity index (χ1) is 19.9. The van der Waals surface area contributed by atoms with E-state index in [2.05, 4.69) is 5.32 Å². The molecule has 0 unspecified atom stereocenters. The molecule has 0 atom stereocenters. The van der Waals surface area contributed by atoms with E-state index < -0.39 is 11.8 Å². The molecule has 41 heavy (non-hydrogen) atoms. The third kappa shape index (κ3) is 5.17. The Kier molecular flexibility index (Phi) is 6.77. The van der Waals surface area contributed by atoms with Gasteiger partial charge in [0.15, 0.2) is 0 Å². The predicted molar refractivity (Wildman–Crippen MR) is 154 cm³/mol. The number of carboxylic acid groups (broad SMARTS) is 1. The molecular formula is C34H24F2N2O3. The topological polar surface area (TPSA) is 70.8 Å². The molecule has 6 aromatic rings. The molecule has 2 N–H and O–H groups in total. The lowest BCUT2D eigenvalue weighted by atomic mass is 9.98. The van der Waals surface area contributed by atoms with Crippen LogP contribution in [0.1, 0.15) is 37.4 Å². The molecule has 2 heterocycles. The highest BCUT2D eigenvalue weighted by molar-refractivity contribution is 6.03. The number of fused-ring (bicyclic) bond motifs is 2. The first kappa shape index (κ1) is 26.0. The molecule has 1 amide bonds. The van der Waals surface area contributed by atoms with Crippen molar-refractivity contribution in [2.75, 3.05) is 0 Å². The van der Waals surface area contributed by atoms with Crippen LogP contribution < -0.4 is 5.32 Å². The third-order valence-electron chi connectivity index (χ3n) is 7.18. The zero-order chi connectivity index (χ0) is 28.5. The summed E-state index contributed by atoms with van der Waals surface area (Å²) < 4.78 is 31.4. The molecule has 0 bridgehead atoms. The van der Waals surface area contributed by atoms with Crippen LogP contribution in [-0.2, 0) is 13.0 Å². The summed E-state index contributed by atoms with van der Waals surface area (Å²) in [7, 11) is 0.